The first-order valence-electron chi connectivity index (χ1n) is 5.29. The van der Waals surface area contributed by atoms with Crippen LogP contribution in [0.5, 0.6) is 0 Å². The number of hydrogen-bond acceptors (Lipinski definition) is 2. The second-order valence-corrected chi connectivity index (χ2v) is 4.46. The number of carbonyl (C=O) groups excluding carboxylic acids is 1. The summed E-state index contributed by atoms with van der Waals surface area (Å²) in [6.07, 6.45) is 0.842. The lowest BCUT2D eigenvalue weighted by Gasteiger charge is -2.17. The molecule has 0 saturated carbocycles. The SMILES string of the molecule is CC(Cc1ccc(Cl)cc1)NC(C)C(N)=O. The Balaban J connectivity index is 2.48. The standard InChI is InChI=1S/C12H17ClN2O/c1-8(15-9(2)12(14)16)7-10-3-5-11(13)6-4-10/h3-6,8-9,15H,7H2,1-2H3,(H2,14,16). The van der Waals surface area contributed by atoms with Crippen LogP contribution >= 0.6 is 11.6 Å². The van der Waals surface area contributed by atoms with Crippen molar-refractivity contribution in [2.45, 2.75) is 32.4 Å². The van der Waals surface area contributed by atoms with E-state index in [1.165, 1.54) is 5.56 Å². The van der Waals surface area contributed by atoms with Crippen molar-refractivity contribution in [2.75, 3.05) is 0 Å². The van der Waals surface area contributed by atoms with E-state index in [1.807, 2.05) is 31.2 Å². The van der Waals surface area contributed by atoms with E-state index in [2.05, 4.69) is 5.32 Å². The van der Waals surface area contributed by atoms with Gasteiger partial charge in [0.1, 0.15) is 0 Å². The number of nitrogens with two attached hydrogens (primary N) is 1. The van der Waals surface area contributed by atoms with E-state index in [9.17, 15) is 4.79 Å². The number of nitrogens with one attached hydrogen (secondary N) is 1. The quantitative estimate of drug-likeness (QED) is 0.824. The molecular weight excluding hydrogens is 224 g/mol. The smallest absolute Gasteiger partial charge is 0.234 e. The minimum atomic E-state index is -0.331. The van der Waals surface area contributed by atoms with Crippen LogP contribution in [-0.2, 0) is 11.2 Å². The van der Waals surface area contributed by atoms with Crippen molar-refractivity contribution in [2.24, 2.45) is 5.73 Å². The Morgan fingerprint density at radius 2 is 1.94 bits per heavy atom. The molecule has 1 rings (SSSR count). The van der Waals surface area contributed by atoms with E-state index in [1.54, 1.807) is 6.92 Å². The van der Waals surface area contributed by atoms with Crippen LogP contribution in [0.25, 0.3) is 0 Å². The summed E-state index contributed by atoms with van der Waals surface area (Å²) < 4.78 is 0. The van der Waals surface area contributed by atoms with E-state index >= 15 is 0 Å². The summed E-state index contributed by atoms with van der Waals surface area (Å²) in [4.78, 5) is 10.9. The third-order valence-corrected chi connectivity index (χ3v) is 2.67. The average molecular weight is 241 g/mol. The van der Waals surface area contributed by atoms with Gasteiger partial charge < -0.3 is 11.1 Å². The fraction of sp³-hybridized carbons (Fsp3) is 0.417. The Hall–Kier alpha value is -1.06. The Kier molecular flexibility index (Phi) is 4.77. The third-order valence-electron chi connectivity index (χ3n) is 2.42. The van der Waals surface area contributed by atoms with Crippen molar-refractivity contribution in [1.29, 1.82) is 0 Å². The topological polar surface area (TPSA) is 55.1 Å². The largest absolute Gasteiger partial charge is 0.368 e. The maximum Gasteiger partial charge on any atom is 0.234 e. The van der Waals surface area contributed by atoms with Crippen molar-refractivity contribution < 1.29 is 4.79 Å². The summed E-state index contributed by atoms with van der Waals surface area (Å²) in [5, 5.41) is 3.87. The van der Waals surface area contributed by atoms with Crippen LogP contribution in [0.3, 0.4) is 0 Å². The van der Waals surface area contributed by atoms with Gasteiger partial charge in [0.25, 0.3) is 0 Å². The second kappa shape index (κ2) is 5.87. The molecule has 0 aliphatic carbocycles. The zero-order chi connectivity index (χ0) is 12.1. The molecule has 2 unspecified atom stereocenters. The maximum atomic E-state index is 10.9. The van der Waals surface area contributed by atoms with Crippen LogP contribution < -0.4 is 11.1 Å². The summed E-state index contributed by atoms with van der Waals surface area (Å²) in [5.74, 6) is -0.331. The molecule has 0 aromatic heterocycles. The molecule has 0 bridgehead atoms. The van der Waals surface area contributed by atoms with Crippen LogP contribution in [0.4, 0.5) is 0 Å². The van der Waals surface area contributed by atoms with Gasteiger partial charge in [0, 0.05) is 11.1 Å². The fourth-order valence-corrected chi connectivity index (χ4v) is 1.67. The Morgan fingerprint density at radius 3 is 2.44 bits per heavy atom. The zero-order valence-corrected chi connectivity index (χ0v) is 10.3. The first-order valence-corrected chi connectivity index (χ1v) is 5.66. The van der Waals surface area contributed by atoms with Gasteiger partial charge in [0.2, 0.25) is 5.91 Å². The molecule has 0 fully saturated rings. The molecular formula is C12H17ClN2O. The zero-order valence-electron chi connectivity index (χ0n) is 9.53. The Morgan fingerprint density at radius 1 is 1.38 bits per heavy atom. The summed E-state index contributed by atoms with van der Waals surface area (Å²) in [6.45, 7) is 3.79. The monoisotopic (exact) mass is 240 g/mol. The summed E-state index contributed by atoms with van der Waals surface area (Å²) in [5.41, 5.74) is 6.36. The van der Waals surface area contributed by atoms with Crippen LogP contribution in [0, 0.1) is 0 Å². The van der Waals surface area contributed by atoms with Crippen molar-refractivity contribution in [1.82, 2.24) is 5.32 Å². The molecule has 0 aliphatic heterocycles. The molecule has 0 spiro atoms. The van der Waals surface area contributed by atoms with E-state index in [0.29, 0.717) is 0 Å². The van der Waals surface area contributed by atoms with Gasteiger partial charge in [-0.25, -0.2) is 0 Å². The highest BCUT2D eigenvalue weighted by Crippen LogP contribution is 2.11. The highest BCUT2D eigenvalue weighted by Gasteiger charge is 2.11. The molecule has 1 aromatic carbocycles. The normalized spacial score (nSPS) is 14.4. The minimum absolute atomic E-state index is 0.198. The second-order valence-electron chi connectivity index (χ2n) is 4.02. The molecule has 0 radical (unpaired) electrons. The minimum Gasteiger partial charge on any atom is -0.368 e. The highest BCUT2D eigenvalue weighted by molar-refractivity contribution is 6.30. The average Bonchev–Trinajstić information content (AvgIpc) is 2.21. The Labute approximate surface area is 101 Å². The molecule has 88 valence electrons. The summed E-state index contributed by atoms with van der Waals surface area (Å²) in [6, 6.07) is 7.58. The molecule has 16 heavy (non-hydrogen) atoms. The molecule has 0 aliphatic rings. The number of rotatable bonds is 5. The van der Waals surface area contributed by atoms with E-state index in [0.717, 1.165) is 11.4 Å². The predicted octanol–water partition coefficient (Wildman–Crippen LogP) is 1.73. The first kappa shape index (κ1) is 13.0. The van der Waals surface area contributed by atoms with Gasteiger partial charge in [0.15, 0.2) is 0 Å². The van der Waals surface area contributed by atoms with Crippen LogP contribution in [0.15, 0.2) is 24.3 Å². The third kappa shape index (κ3) is 4.21. The lowest BCUT2D eigenvalue weighted by atomic mass is 10.1. The number of amides is 1. The molecule has 0 saturated heterocycles. The predicted molar refractivity (Wildman–Crippen MR) is 66.4 cm³/mol. The highest BCUT2D eigenvalue weighted by atomic mass is 35.5. The van der Waals surface area contributed by atoms with Gasteiger partial charge in [-0.05, 0) is 38.0 Å². The number of carbonyl (C=O) groups is 1. The van der Waals surface area contributed by atoms with Crippen molar-refractivity contribution in [3.8, 4) is 0 Å². The Bertz CT molecular complexity index is 351. The van der Waals surface area contributed by atoms with Gasteiger partial charge in [0.05, 0.1) is 6.04 Å². The maximum absolute atomic E-state index is 10.9. The summed E-state index contributed by atoms with van der Waals surface area (Å²) in [7, 11) is 0. The molecule has 1 aromatic rings. The van der Waals surface area contributed by atoms with E-state index < -0.39 is 0 Å². The van der Waals surface area contributed by atoms with Gasteiger partial charge in [-0.3, -0.25) is 4.79 Å². The van der Waals surface area contributed by atoms with Gasteiger partial charge in [-0.1, -0.05) is 23.7 Å². The molecule has 3 nitrogen and oxygen atoms in total. The number of halogens is 1. The first-order chi connectivity index (χ1) is 7.49. The summed E-state index contributed by atoms with van der Waals surface area (Å²) >= 11 is 5.80. The molecule has 3 N–H and O–H groups in total. The molecule has 1 amide bonds. The number of benzene rings is 1. The van der Waals surface area contributed by atoms with E-state index in [-0.39, 0.29) is 18.0 Å². The van der Waals surface area contributed by atoms with Crippen LogP contribution in [-0.4, -0.2) is 18.0 Å². The van der Waals surface area contributed by atoms with Gasteiger partial charge >= 0.3 is 0 Å². The van der Waals surface area contributed by atoms with Gasteiger partial charge in [-0.2, -0.15) is 0 Å². The van der Waals surface area contributed by atoms with Crippen LogP contribution in [0.2, 0.25) is 5.02 Å². The van der Waals surface area contributed by atoms with Crippen molar-refractivity contribution in [3.63, 3.8) is 0 Å². The van der Waals surface area contributed by atoms with Crippen molar-refractivity contribution in [3.05, 3.63) is 34.9 Å². The molecule has 2 atom stereocenters. The molecule has 4 heteroatoms. The lowest BCUT2D eigenvalue weighted by Crippen LogP contribution is -2.44. The van der Waals surface area contributed by atoms with E-state index in [4.69, 9.17) is 17.3 Å². The van der Waals surface area contributed by atoms with Gasteiger partial charge in [-0.15, -0.1) is 0 Å². The number of hydrogen-bond donors (Lipinski definition) is 2. The van der Waals surface area contributed by atoms with Crippen molar-refractivity contribution >= 4 is 17.5 Å². The van der Waals surface area contributed by atoms with Crippen LogP contribution in [0.1, 0.15) is 19.4 Å². The fourth-order valence-electron chi connectivity index (χ4n) is 1.54. The number of primary amides is 1. The molecule has 0 heterocycles. The lowest BCUT2D eigenvalue weighted by molar-refractivity contribution is -0.119.